The van der Waals surface area contributed by atoms with Crippen molar-refractivity contribution in [2.45, 2.75) is 26.7 Å². The summed E-state index contributed by atoms with van der Waals surface area (Å²) >= 11 is 3.44. The second kappa shape index (κ2) is 10.7. The minimum Gasteiger partial charge on any atom is -0.493 e. The third-order valence-corrected chi connectivity index (χ3v) is 4.08. The molecular formula is C21H24BrNO3. The molecular weight excluding hydrogens is 394 g/mol. The molecule has 0 aromatic heterocycles. The molecule has 0 aliphatic carbocycles. The van der Waals surface area contributed by atoms with Crippen LogP contribution in [0.25, 0.3) is 6.08 Å². The van der Waals surface area contributed by atoms with Gasteiger partial charge in [-0.05, 0) is 49.8 Å². The molecule has 2 aromatic rings. The van der Waals surface area contributed by atoms with Crippen LogP contribution in [-0.4, -0.2) is 19.1 Å². The molecule has 4 nitrogen and oxygen atoms in total. The minimum atomic E-state index is -0.223. The number of amides is 1. The van der Waals surface area contributed by atoms with Gasteiger partial charge in [0.15, 0.2) is 0 Å². The number of rotatable bonds is 9. The van der Waals surface area contributed by atoms with E-state index in [-0.39, 0.29) is 5.91 Å². The first-order valence-electron chi connectivity index (χ1n) is 8.77. The molecule has 0 saturated carbocycles. The molecule has 1 N–H and O–H groups in total. The van der Waals surface area contributed by atoms with E-state index in [1.54, 1.807) is 6.08 Å². The molecule has 138 valence electrons. The molecule has 2 aromatic carbocycles. The first-order valence-corrected chi connectivity index (χ1v) is 9.56. The fraction of sp³-hybridized carbons (Fsp3) is 0.286. The highest BCUT2D eigenvalue weighted by atomic mass is 79.9. The van der Waals surface area contributed by atoms with Crippen LogP contribution >= 0.6 is 15.9 Å². The smallest absolute Gasteiger partial charge is 0.248 e. The minimum absolute atomic E-state index is 0.223. The van der Waals surface area contributed by atoms with Crippen molar-refractivity contribution in [1.29, 1.82) is 0 Å². The number of carbonyl (C=O) groups is 1. The van der Waals surface area contributed by atoms with Crippen LogP contribution in [-0.2, 0) is 4.79 Å². The summed E-state index contributed by atoms with van der Waals surface area (Å²) in [6, 6.07) is 13.1. The standard InChI is InChI=1S/C21H24BrNO3/c1-3-5-14-26-20-9-7-6-8-18(20)23-21(24)13-10-16-15-17(22)11-12-19(16)25-4-2/h6-13,15H,3-5,14H2,1-2H3,(H,23,24). The lowest BCUT2D eigenvalue weighted by atomic mass is 10.2. The molecule has 0 bridgehead atoms. The molecule has 1 amide bonds. The third kappa shape index (κ3) is 6.23. The maximum Gasteiger partial charge on any atom is 0.248 e. The molecule has 2 rings (SSSR count). The first kappa shape index (κ1) is 20.0. The topological polar surface area (TPSA) is 47.6 Å². The number of unbranched alkanes of at least 4 members (excludes halogenated alkanes) is 1. The maximum atomic E-state index is 12.3. The summed E-state index contributed by atoms with van der Waals surface area (Å²) in [5.74, 6) is 1.20. The number of benzene rings is 2. The summed E-state index contributed by atoms with van der Waals surface area (Å²) in [5.41, 5.74) is 1.50. The highest BCUT2D eigenvalue weighted by Gasteiger charge is 2.06. The summed E-state index contributed by atoms with van der Waals surface area (Å²) in [6.07, 6.45) is 5.27. The number of anilines is 1. The van der Waals surface area contributed by atoms with Gasteiger partial charge >= 0.3 is 0 Å². The molecule has 0 aliphatic rings. The second-order valence-electron chi connectivity index (χ2n) is 5.64. The van der Waals surface area contributed by atoms with Crippen molar-refractivity contribution < 1.29 is 14.3 Å². The van der Waals surface area contributed by atoms with E-state index in [4.69, 9.17) is 9.47 Å². The van der Waals surface area contributed by atoms with Crippen LogP contribution in [0, 0.1) is 0 Å². The Kier molecular flexibility index (Phi) is 8.22. The summed E-state index contributed by atoms with van der Waals surface area (Å²) < 4.78 is 12.3. The van der Waals surface area contributed by atoms with Gasteiger partial charge in [0.1, 0.15) is 11.5 Å². The molecule has 0 spiro atoms. The zero-order chi connectivity index (χ0) is 18.8. The van der Waals surface area contributed by atoms with E-state index in [1.807, 2.05) is 49.4 Å². The lowest BCUT2D eigenvalue weighted by Crippen LogP contribution is -2.09. The molecule has 0 atom stereocenters. The summed E-state index contributed by atoms with van der Waals surface area (Å²) in [4.78, 5) is 12.3. The molecule has 0 aliphatic heterocycles. The first-order chi connectivity index (χ1) is 12.6. The van der Waals surface area contributed by atoms with Crippen LogP contribution in [0.15, 0.2) is 53.0 Å². The van der Waals surface area contributed by atoms with Crippen molar-refractivity contribution in [3.8, 4) is 11.5 Å². The predicted octanol–water partition coefficient (Wildman–Crippen LogP) is 5.68. The Labute approximate surface area is 163 Å². The van der Waals surface area contributed by atoms with Crippen molar-refractivity contribution in [1.82, 2.24) is 0 Å². The van der Waals surface area contributed by atoms with Crippen molar-refractivity contribution in [3.63, 3.8) is 0 Å². The van der Waals surface area contributed by atoms with E-state index in [9.17, 15) is 4.79 Å². The molecule has 0 saturated heterocycles. The Bertz CT molecular complexity index is 759. The van der Waals surface area contributed by atoms with Crippen LogP contribution in [0.2, 0.25) is 0 Å². The largest absolute Gasteiger partial charge is 0.493 e. The van der Waals surface area contributed by atoms with Gasteiger partial charge in [-0.15, -0.1) is 0 Å². The van der Waals surface area contributed by atoms with Gasteiger partial charge in [0.2, 0.25) is 5.91 Å². The number of halogens is 1. The highest BCUT2D eigenvalue weighted by molar-refractivity contribution is 9.10. The Morgan fingerprint density at radius 1 is 1.12 bits per heavy atom. The van der Waals surface area contributed by atoms with Gasteiger partial charge in [-0.3, -0.25) is 4.79 Å². The van der Waals surface area contributed by atoms with Crippen LogP contribution in [0.1, 0.15) is 32.3 Å². The van der Waals surface area contributed by atoms with Crippen molar-refractivity contribution in [3.05, 3.63) is 58.6 Å². The quantitative estimate of drug-likeness (QED) is 0.421. The number of hydrogen-bond acceptors (Lipinski definition) is 3. The SMILES string of the molecule is CCCCOc1ccccc1NC(=O)C=Cc1cc(Br)ccc1OCC. The van der Waals surface area contributed by atoms with Gasteiger partial charge in [-0.2, -0.15) is 0 Å². The Morgan fingerprint density at radius 2 is 1.92 bits per heavy atom. The van der Waals surface area contributed by atoms with Gasteiger partial charge in [0.25, 0.3) is 0 Å². The second-order valence-corrected chi connectivity index (χ2v) is 6.55. The third-order valence-electron chi connectivity index (χ3n) is 3.59. The van der Waals surface area contributed by atoms with Crippen molar-refractivity contribution in [2.24, 2.45) is 0 Å². The summed E-state index contributed by atoms with van der Waals surface area (Å²) in [6.45, 7) is 5.24. The molecule has 0 heterocycles. The van der Waals surface area contributed by atoms with E-state index >= 15 is 0 Å². The molecule has 26 heavy (non-hydrogen) atoms. The van der Waals surface area contributed by atoms with Crippen LogP contribution < -0.4 is 14.8 Å². The number of para-hydroxylation sites is 2. The monoisotopic (exact) mass is 417 g/mol. The van der Waals surface area contributed by atoms with Gasteiger partial charge in [-0.25, -0.2) is 0 Å². The molecule has 5 heteroatoms. The molecule has 0 fully saturated rings. The average Bonchev–Trinajstić information content (AvgIpc) is 2.63. The van der Waals surface area contributed by atoms with E-state index in [2.05, 4.69) is 28.2 Å². The Balaban J connectivity index is 2.07. The average molecular weight is 418 g/mol. The lowest BCUT2D eigenvalue weighted by Gasteiger charge is -2.11. The number of nitrogens with one attached hydrogen (secondary N) is 1. The number of carbonyl (C=O) groups excluding carboxylic acids is 1. The zero-order valence-corrected chi connectivity index (χ0v) is 16.7. The van der Waals surface area contributed by atoms with Crippen LogP contribution in [0.5, 0.6) is 11.5 Å². The van der Waals surface area contributed by atoms with E-state index in [0.717, 1.165) is 28.6 Å². The summed E-state index contributed by atoms with van der Waals surface area (Å²) in [5, 5.41) is 2.87. The summed E-state index contributed by atoms with van der Waals surface area (Å²) in [7, 11) is 0. The predicted molar refractivity (Wildman–Crippen MR) is 110 cm³/mol. The maximum absolute atomic E-state index is 12.3. The zero-order valence-electron chi connectivity index (χ0n) is 15.1. The van der Waals surface area contributed by atoms with E-state index in [1.165, 1.54) is 6.08 Å². The van der Waals surface area contributed by atoms with E-state index in [0.29, 0.717) is 24.7 Å². The lowest BCUT2D eigenvalue weighted by molar-refractivity contribution is -0.111. The van der Waals surface area contributed by atoms with Gasteiger partial charge in [-0.1, -0.05) is 41.4 Å². The van der Waals surface area contributed by atoms with Crippen LogP contribution in [0.3, 0.4) is 0 Å². The molecule has 0 unspecified atom stereocenters. The van der Waals surface area contributed by atoms with Crippen molar-refractivity contribution in [2.75, 3.05) is 18.5 Å². The van der Waals surface area contributed by atoms with Crippen molar-refractivity contribution >= 4 is 33.6 Å². The van der Waals surface area contributed by atoms with Gasteiger partial charge in [0, 0.05) is 16.1 Å². The normalized spacial score (nSPS) is 10.7. The Morgan fingerprint density at radius 3 is 2.69 bits per heavy atom. The fourth-order valence-corrected chi connectivity index (χ4v) is 2.68. The fourth-order valence-electron chi connectivity index (χ4n) is 2.30. The highest BCUT2D eigenvalue weighted by Crippen LogP contribution is 2.26. The van der Waals surface area contributed by atoms with Gasteiger partial charge < -0.3 is 14.8 Å². The van der Waals surface area contributed by atoms with E-state index < -0.39 is 0 Å². The van der Waals surface area contributed by atoms with Crippen LogP contribution in [0.4, 0.5) is 5.69 Å². The van der Waals surface area contributed by atoms with Gasteiger partial charge in [0.05, 0.1) is 18.9 Å². The number of hydrogen-bond donors (Lipinski definition) is 1. The molecule has 0 radical (unpaired) electrons. The Hall–Kier alpha value is -2.27. The number of ether oxygens (including phenoxy) is 2.